The Labute approximate surface area is 182 Å². The van der Waals surface area contributed by atoms with Crippen LogP contribution in [0.3, 0.4) is 0 Å². The number of carbonyl (C=O) groups excluding carboxylic acids is 1. The summed E-state index contributed by atoms with van der Waals surface area (Å²) in [7, 11) is 0. The van der Waals surface area contributed by atoms with E-state index in [1.807, 2.05) is 60.5 Å². The van der Waals surface area contributed by atoms with Crippen molar-refractivity contribution in [1.29, 1.82) is 0 Å². The smallest absolute Gasteiger partial charge is 0.225 e. The molecular formula is C24H27N5O2. The first-order valence-electron chi connectivity index (χ1n) is 10.5. The zero-order valence-corrected chi connectivity index (χ0v) is 18.0. The van der Waals surface area contributed by atoms with Crippen LogP contribution in [0.1, 0.15) is 32.4 Å². The van der Waals surface area contributed by atoms with Gasteiger partial charge in [-0.15, -0.1) is 0 Å². The third kappa shape index (κ3) is 4.56. The van der Waals surface area contributed by atoms with Crippen molar-refractivity contribution in [2.24, 2.45) is 5.92 Å². The standard InChI is InChI=1S/C24H27N5O2/c1-16(2)21-15-31-23(14-30)29(21)22-11-12-25-24(28-22)27-17(3)19-9-10-20(26-13-19)18-7-5-4-6-8-18/h4-14,16-17,21,23H,15H2,1-3H3,(H,25,27,28)/t17-,21+,23?/m0/s1. The number of aldehydes is 1. The summed E-state index contributed by atoms with van der Waals surface area (Å²) < 4.78 is 5.65. The van der Waals surface area contributed by atoms with E-state index < -0.39 is 6.23 Å². The topological polar surface area (TPSA) is 80.2 Å². The first-order valence-corrected chi connectivity index (χ1v) is 10.5. The summed E-state index contributed by atoms with van der Waals surface area (Å²) in [5, 5.41) is 3.34. The maximum Gasteiger partial charge on any atom is 0.225 e. The lowest BCUT2D eigenvalue weighted by molar-refractivity contribution is -0.115. The van der Waals surface area contributed by atoms with E-state index in [4.69, 9.17) is 4.74 Å². The molecule has 1 N–H and O–H groups in total. The molecule has 1 fully saturated rings. The van der Waals surface area contributed by atoms with Gasteiger partial charge < -0.3 is 15.0 Å². The van der Waals surface area contributed by atoms with Crippen LogP contribution in [0.15, 0.2) is 60.9 Å². The highest BCUT2D eigenvalue weighted by Crippen LogP contribution is 2.28. The molecule has 7 heteroatoms. The molecule has 0 saturated carbocycles. The first kappa shape index (κ1) is 20.9. The van der Waals surface area contributed by atoms with Crippen molar-refractivity contribution in [3.05, 3.63) is 66.5 Å². The lowest BCUT2D eigenvalue weighted by Gasteiger charge is -2.29. The highest BCUT2D eigenvalue weighted by atomic mass is 16.5. The molecule has 3 aromatic rings. The highest BCUT2D eigenvalue weighted by Gasteiger charge is 2.37. The number of aromatic nitrogens is 3. The van der Waals surface area contributed by atoms with E-state index >= 15 is 0 Å². The molecular weight excluding hydrogens is 390 g/mol. The van der Waals surface area contributed by atoms with Crippen LogP contribution >= 0.6 is 0 Å². The molecule has 0 spiro atoms. The summed E-state index contributed by atoms with van der Waals surface area (Å²) in [6.45, 7) is 6.77. The number of rotatable bonds is 7. The Morgan fingerprint density at radius 1 is 1.10 bits per heavy atom. The van der Waals surface area contributed by atoms with Crippen molar-refractivity contribution in [3.63, 3.8) is 0 Å². The van der Waals surface area contributed by atoms with Crippen molar-refractivity contribution in [1.82, 2.24) is 15.0 Å². The van der Waals surface area contributed by atoms with Gasteiger partial charge in [-0.3, -0.25) is 9.78 Å². The number of anilines is 2. The summed E-state index contributed by atoms with van der Waals surface area (Å²) in [6, 6.07) is 16.0. The van der Waals surface area contributed by atoms with E-state index in [2.05, 4.69) is 40.2 Å². The predicted octanol–water partition coefficient (Wildman–Crippen LogP) is 4.10. The number of nitrogens with zero attached hydrogens (tertiary/aromatic N) is 4. The number of benzene rings is 1. The van der Waals surface area contributed by atoms with E-state index in [0.717, 1.165) is 23.1 Å². The minimum Gasteiger partial charge on any atom is -0.349 e. The molecule has 4 rings (SSSR count). The second-order valence-electron chi connectivity index (χ2n) is 8.03. The number of hydrogen-bond acceptors (Lipinski definition) is 7. The van der Waals surface area contributed by atoms with E-state index in [1.54, 1.807) is 6.20 Å². The number of ether oxygens (including phenoxy) is 1. The van der Waals surface area contributed by atoms with Crippen LogP contribution in [0.2, 0.25) is 0 Å². The Balaban J connectivity index is 1.50. The summed E-state index contributed by atoms with van der Waals surface area (Å²) in [4.78, 5) is 27.1. The molecule has 160 valence electrons. The summed E-state index contributed by atoms with van der Waals surface area (Å²) >= 11 is 0. The minimum atomic E-state index is -0.623. The van der Waals surface area contributed by atoms with Crippen LogP contribution in [0.5, 0.6) is 0 Å². The molecule has 1 aliphatic heterocycles. The fourth-order valence-corrected chi connectivity index (χ4v) is 3.75. The predicted molar refractivity (Wildman–Crippen MR) is 121 cm³/mol. The van der Waals surface area contributed by atoms with Crippen LogP contribution < -0.4 is 10.2 Å². The number of hydrogen-bond donors (Lipinski definition) is 1. The van der Waals surface area contributed by atoms with Crippen molar-refractivity contribution >= 4 is 18.1 Å². The Hall–Kier alpha value is -3.32. The van der Waals surface area contributed by atoms with Crippen molar-refractivity contribution in [2.45, 2.75) is 39.1 Å². The molecule has 2 aromatic heterocycles. The zero-order chi connectivity index (χ0) is 21.8. The van der Waals surface area contributed by atoms with Crippen LogP contribution in [0.4, 0.5) is 11.8 Å². The molecule has 0 amide bonds. The molecule has 1 aromatic carbocycles. The summed E-state index contributed by atoms with van der Waals surface area (Å²) in [5.41, 5.74) is 3.05. The Kier molecular flexibility index (Phi) is 6.23. The van der Waals surface area contributed by atoms with E-state index in [0.29, 0.717) is 24.3 Å². The van der Waals surface area contributed by atoms with Gasteiger partial charge in [-0.1, -0.05) is 50.2 Å². The molecule has 31 heavy (non-hydrogen) atoms. The van der Waals surface area contributed by atoms with Crippen LogP contribution in [-0.4, -0.2) is 40.1 Å². The monoisotopic (exact) mass is 417 g/mol. The third-order valence-corrected chi connectivity index (χ3v) is 5.56. The average molecular weight is 418 g/mol. The number of nitrogens with one attached hydrogen (secondary N) is 1. The summed E-state index contributed by atoms with van der Waals surface area (Å²) in [6.07, 6.45) is 3.77. The van der Waals surface area contributed by atoms with Gasteiger partial charge in [0.05, 0.1) is 24.4 Å². The number of carbonyl (C=O) groups is 1. The molecule has 1 unspecified atom stereocenters. The van der Waals surface area contributed by atoms with Gasteiger partial charge in [0, 0.05) is 18.0 Å². The largest absolute Gasteiger partial charge is 0.349 e. The third-order valence-electron chi connectivity index (χ3n) is 5.56. The lowest BCUT2D eigenvalue weighted by Crippen LogP contribution is -2.41. The van der Waals surface area contributed by atoms with Crippen molar-refractivity contribution < 1.29 is 9.53 Å². The van der Waals surface area contributed by atoms with Gasteiger partial charge in [0.2, 0.25) is 5.95 Å². The Morgan fingerprint density at radius 2 is 1.90 bits per heavy atom. The summed E-state index contributed by atoms with van der Waals surface area (Å²) in [5.74, 6) is 1.50. The van der Waals surface area contributed by atoms with E-state index in [-0.39, 0.29) is 12.1 Å². The first-order chi connectivity index (χ1) is 15.1. The van der Waals surface area contributed by atoms with Crippen LogP contribution in [-0.2, 0) is 9.53 Å². The normalized spacial score (nSPS) is 19.4. The minimum absolute atomic E-state index is 0.0369. The molecule has 1 saturated heterocycles. The molecule has 7 nitrogen and oxygen atoms in total. The quantitative estimate of drug-likeness (QED) is 0.580. The van der Waals surface area contributed by atoms with Gasteiger partial charge >= 0.3 is 0 Å². The van der Waals surface area contributed by atoms with Crippen LogP contribution in [0.25, 0.3) is 11.3 Å². The SMILES string of the molecule is CC(C)[C@H]1COC(C=O)N1c1ccnc(N[C@@H](C)c2ccc(-c3ccccc3)nc2)n1. The van der Waals surface area contributed by atoms with Crippen molar-refractivity contribution in [2.75, 3.05) is 16.8 Å². The molecule has 0 aliphatic carbocycles. The maximum absolute atomic E-state index is 11.5. The molecule has 3 atom stereocenters. The second-order valence-corrected chi connectivity index (χ2v) is 8.03. The Morgan fingerprint density at radius 3 is 2.58 bits per heavy atom. The van der Waals surface area contributed by atoms with E-state index in [1.165, 1.54) is 0 Å². The molecule has 3 heterocycles. The zero-order valence-electron chi connectivity index (χ0n) is 18.0. The van der Waals surface area contributed by atoms with Gasteiger partial charge in [0.15, 0.2) is 12.5 Å². The molecule has 1 aliphatic rings. The Bertz CT molecular complexity index is 1010. The van der Waals surface area contributed by atoms with Crippen LogP contribution in [0, 0.1) is 5.92 Å². The van der Waals surface area contributed by atoms with E-state index in [9.17, 15) is 4.79 Å². The lowest BCUT2D eigenvalue weighted by atomic mass is 10.0. The fourth-order valence-electron chi connectivity index (χ4n) is 3.75. The molecule has 0 radical (unpaired) electrons. The highest BCUT2D eigenvalue weighted by molar-refractivity contribution is 5.65. The fraction of sp³-hybridized carbons (Fsp3) is 0.333. The molecule has 0 bridgehead atoms. The number of pyridine rings is 1. The average Bonchev–Trinajstić information content (AvgIpc) is 3.25. The van der Waals surface area contributed by atoms with Gasteiger partial charge in [-0.25, -0.2) is 4.98 Å². The van der Waals surface area contributed by atoms with Gasteiger partial charge in [0.25, 0.3) is 0 Å². The van der Waals surface area contributed by atoms with Crippen molar-refractivity contribution in [3.8, 4) is 11.3 Å². The maximum atomic E-state index is 11.5. The second kappa shape index (κ2) is 9.22. The van der Waals surface area contributed by atoms with Gasteiger partial charge in [-0.2, -0.15) is 4.98 Å². The van der Waals surface area contributed by atoms with Gasteiger partial charge in [0.1, 0.15) is 5.82 Å². The van der Waals surface area contributed by atoms with Gasteiger partial charge in [-0.05, 0) is 30.5 Å².